The van der Waals surface area contributed by atoms with Gasteiger partial charge in [-0.15, -0.1) is 0 Å². The van der Waals surface area contributed by atoms with Gasteiger partial charge in [0.1, 0.15) is 5.37 Å². The lowest BCUT2D eigenvalue weighted by Crippen LogP contribution is -2.02. The number of rotatable bonds is 5. The first-order chi connectivity index (χ1) is 21.7. The summed E-state index contributed by atoms with van der Waals surface area (Å²) in [7, 11) is 0. The van der Waals surface area contributed by atoms with E-state index in [0.717, 1.165) is 24.1 Å². The van der Waals surface area contributed by atoms with E-state index in [0.29, 0.717) is 0 Å². The average molecular weight is 585 g/mol. The number of thioether (sulfide) groups is 1. The highest BCUT2D eigenvalue weighted by atomic mass is 32.2. The maximum Gasteiger partial charge on any atom is 0.103 e. The molecule has 6 aromatic rings. The summed E-state index contributed by atoms with van der Waals surface area (Å²) in [6, 6.07) is 44.2. The predicted molar refractivity (Wildman–Crippen MR) is 187 cm³/mol. The number of allylic oxidation sites excluding steroid dienone is 1. The van der Waals surface area contributed by atoms with Crippen molar-refractivity contribution in [2.45, 2.75) is 30.0 Å². The van der Waals surface area contributed by atoms with E-state index in [1.54, 1.807) is 0 Å². The van der Waals surface area contributed by atoms with Gasteiger partial charge in [-0.3, -0.25) is 4.98 Å². The molecule has 44 heavy (non-hydrogen) atoms. The number of nitrogens with zero attached hydrogens (tertiary/aromatic N) is 1. The largest absolute Gasteiger partial charge is 0.368 e. The number of para-hydroxylation sites is 1. The Morgan fingerprint density at radius 3 is 2.25 bits per heavy atom. The molecule has 0 saturated heterocycles. The zero-order chi connectivity index (χ0) is 29.5. The maximum absolute atomic E-state index is 4.51. The SMILES string of the molecule is Cc1cc(-c2ccc(-c3ccccn3)cc2)cc(-c2ccc(-c3ccc(C4Nc5ccccc5S4)cc3)c3c2C=CCC3)c1. The van der Waals surface area contributed by atoms with E-state index in [-0.39, 0.29) is 5.37 Å². The second kappa shape index (κ2) is 11.3. The molecular weight excluding hydrogens is 553 g/mol. The van der Waals surface area contributed by atoms with Gasteiger partial charge in [0.25, 0.3) is 0 Å². The Labute approximate surface area is 263 Å². The van der Waals surface area contributed by atoms with Crippen molar-refractivity contribution in [3.05, 3.63) is 156 Å². The summed E-state index contributed by atoms with van der Waals surface area (Å²) in [5.74, 6) is 0. The van der Waals surface area contributed by atoms with Gasteiger partial charge >= 0.3 is 0 Å². The first kappa shape index (κ1) is 26.7. The van der Waals surface area contributed by atoms with Crippen LogP contribution in [0.2, 0.25) is 0 Å². The third-order valence-corrected chi connectivity index (χ3v) is 9.95. The number of benzene rings is 5. The Balaban J connectivity index is 1.11. The highest BCUT2D eigenvalue weighted by molar-refractivity contribution is 8.00. The molecule has 2 aliphatic rings. The van der Waals surface area contributed by atoms with Crippen LogP contribution in [0.25, 0.3) is 50.7 Å². The van der Waals surface area contributed by atoms with Gasteiger partial charge < -0.3 is 5.32 Å². The first-order valence-corrected chi connectivity index (χ1v) is 16.2. The monoisotopic (exact) mass is 584 g/mol. The van der Waals surface area contributed by atoms with Crippen LogP contribution < -0.4 is 5.32 Å². The van der Waals surface area contributed by atoms with Crippen molar-refractivity contribution in [2.75, 3.05) is 5.32 Å². The summed E-state index contributed by atoms with van der Waals surface area (Å²) in [4.78, 5) is 5.83. The highest BCUT2D eigenvalue weighted by Crippen LogP contribution is 2.47. The van der Waals surface area contributed by atoms with Gasteiger partial charge in [0.15, 0.2) is 0 Å². The van der Waals surface area contributed by atoms with Crippen LogP contribution in [0.5, 0.6) is 0 Å². The van der Waals surface area contributed by atoms with Gasteiger partial charge in [0, 0.05) is 22.3 Å². The van der Waals surface area contributed by atoms with E-state index >= 15 is 0 Å². The molecule has 5 aromatic carbocycles. The number of nitrogens with one attached hydrogen (secondary N) is 1. The molecule has 212 valence electrons. The quantitative estimate of drug-likeness (QED) is 0.218. The molecule has 1 N–H and O–H groups in total. The van der Waals surface area contributed by atoms with Crippen LogP contribution >= 0.6 is 11.8 Å². The summed E-state index contributed by atoms with van der Waals surface area (Å²) >= 11 is 1.89. The molecule has 0 fully saturated rings. The highest BCUT2D eigenvalue weighted by Gasteiger charge is 2.23. The Morgan fingerprint density at radius 2 is 1.43 bits per heavy atom. The van der Waals surface area contributed by atoms with Crippen molar-refractivity contribution in [3.63, 3.8) is 0 Å². The zero-order valence-corrected chi connectivity index (χ0v) is 25.4. The van der Waals surface area contributed by atoms with E-state index in [9.17, 15) is 0 Å². The van der Waals surface area contributed by atoms with Crippen molar-refractivity contribution in [2.24, 2.45) is 0 Å². The van der Waals surface area contributed by atoms with Crippen molar-refractivity contribution < 1.29 is 0 Å². The van der Waals surface area contributed by atoms with E-state index in [1.807, 2.05) is 30.1 Å². The lowest BCUT2D eigenvalue weighted by molar-refractivity contribution is 0.988. The number of pyridine rings is 1. The Kier molecular flexibility index (Phi) is 6.89. The fourth-order valence-corrected chi connectivity index (χ4v) is 7.67. The second-order valence-electron chi connectivity index (χ2n) is 11.6. The van der Waals surface area contributed by atoms with Crippen molar-refractivity contribution >= 4 is 23.5 Å². The first-order valence-electron chi connectivity index (χ1n) is 15.3. The summed E-state index contributed by atoms with van der Waals surface area (Å²) in [6.07, 6.45) is 8.64. The van der Waals surface area contributed by atoms with Gasteiger partial charge in [-0.1, -0.05) is 115 Å². The van der Waals surface area contributed by atoms with Crippen LogP contribution in [-0.2, 0) is 6.42 Å². The van der Waals surface area contributed by atoms with Gasteiger partial charge in [-0.2, -0.15) is 0 Å². The van der Waals surface area contributed by atoms with Crippen LogP contribution in [0.15, 0.2) is 138 Å². The van der Waals surface area contributed by atoms with Gasteiger partial charge in [0.2, 0.25) is 0 Å². The molecule has 2 heterocycles. The van der Waals surface area contributed by atoms with Gasteiger partial charge in [-0.05, 0) is 106 Å². The number of hydrogen-bond donors (Lipinski definition) is 1. The second-order valence-corrected chi connectivity index (χ2v) is 12.8. The summed E-state index contributed by atoms with van der Waals surface area (Å²) in [6.45, 7) is 2.20. The molecule has 0 saturated carbocycles. The summed E-state index contributed by atoms with van der Waals surface area (Å²) < 4.78 is 0. The van der Waals surface area contributed by atoms with Crippen molar-refractivity contribution in [1.29, 1.82) is 0 Å². The zero-order valence-electron chi connectivity index (χ0n) is 24.6. The minimum Gasteiger partial charge on any atom is -0.368 e. The topological polar surface area (TPSA) is 24.9 Å². The van der Waals surface area contributed by atoms with E-state index < -0.39 is 0 Å². The minimum absolute atomic E-state index is 0.252. The van der Waals surface area contributed by atoms with Crippen molar-refractivity contribution in [3.8, 4) is 44.6 Å². The fraction of sp³-hybridized carbons (Fsp3) is 0.0976. The molecule has 1 atom stereocenters. The van der Waals surface area contributed by atoms with Crippen LogP contribution in [0.1, 0.15) is 34.0 Å². The molecule has 0 bridgehead atoms. The van der Waals surface area contributed by atoms with E-state index in [1.165, 1.54) is 66.2 Å². The van der Waals surface area contributed by atoms with E-state index in [4.69, 9.17) is 0 Å². The number of anilines is 1. The lowest BCUT2D eigenvalue weighted by Gasteiger charge is -2.21. The molecule has 1 aromatic heterocycles. The molecule has 1 aliphatic carbocycles. The predicted octanol–water partition coefficient (Wildman–Crippen LogP) is 11.2. The lowest BCUT2D eigenvalue weighted by atomic mass is 9.83. The molecule has 0 radical (unpaired) electrons. The average Bonchev–Trinajstić information content (AvgIpc) is 3.53. The molecule has 1 unspecified atom stereocenters. The standard InChI is InChI=1S/C41H32N2S/c1-27-24-32(28-13-17-30(18-14-28)38-10-6-7-23-42-38)26-33(25-27)35-22-21-34(36-8-2-3-9-37(35)36)29-15-19-31(20-16-29)41-43-39-11-4-5-12-40(39)44-41/h3-7,9-26,41,43H,2,8H2,1H3. The van der Waals surface area contributed by atoms with Crippen LogP contribution in [0.3, 0.4) is 0 Å². The number of hydrogen-bond acceptors (Lipinski definition) is 3. The normalized spacial score (nSPS) is 15.0. The molecule has 1 aliphatic heterocycles. The third-order valence-electron chi connectivity index (χ3n) is 8.71. The van der Waals surface area contributed by atoms with Crippen molar-refractivity contribution in [1.82, 2.24) is 4.98 Å². The molecule has 0 amide bonds. The molecule has 3 heteroatoms. The molecular formula is C41H32N2S. The Hall–Kier alpha value is -4.86. The molecule has 2 nitrogen and oxygen atoms in total. The molecule has 0 spiro atoms. The summed E-state index contributed by atoms with van der Waals surface area (Å²) in [5.41, 5.74) is 16.4. The number of aryl methyl sites for hydroxylation is 1. The number of aromatic nitrogens is 1. The molecule has 8 rings (SSSR count). The smallest absolute Gasteiger partial charge is 0.103 e. The minimum atomic E-state index is 0.252. The third kappa shape index (κ3) is 5.04. The van der Waals surface area contributed by atoms with Gasteiger partial charge in [0.05, 0.1) is 5.69 Å². The van der Waals surface area contributed by atoms with Crippen LogP contribution in [0.4, 0.5) is 5.69 Å². The Bertz CT molecular complexity index is 1980. The van der Waals surface area contributed by atoms with Crippen LogP contribution in [-0.4, -0.2) is 4.98 Å². The maximum atomic E-state index is 4.51. The van der Waals surface area contributed by atoms with Crippen LogP contribution in [0, 0.1) is 6.92 Å². The summed E-state index contributed by atoms with van der Waals surface area (Å²) in [5, 5.41) is 3.92. The van der Waals surface area contributed by atoms with Gasteiger partial charge in [-0.25, -0.2) is 0 Å². The number of fused-ring (bicyclic) bond motifs is 2. The van der Waals surface area contributed by atoms with E-state index in [2.05, 4.69) is 139 Å². The fourth-order valence-electron chi connectivity index (χ4n) is 6.52. The Morgan fingerprint density at radius 1 is 0.682 bits per heavy atom.